The highest BCUT2D eigenvalue weighted by atomic mass is 79.9. The highest BCUT2D eigenvalue weighted by Crippen LogP contribution is 2.36. The Morgan fingerprint density at radius 1 is 0.800 bits per heavy atom. The predicted octanol–water partition coefficient (Wildman–Crippen LogP) is 6.06. The first kappa shape index (κ1) is 17.8. The van der Waals surface area contributed by atoms with Crippen LogP contribution in [0.2, 0.25) is 0 Å². The zero-order valence-electron chi connectivity index (χ0n) is 12.7. The maximum absolute atomic E-state index is 5.87. The standard InChI is InChI=1S/C16H24Br2O2/c1-11(2)5-7-19-15-9-13(17)14(18)10-16(15)20-8-6-12(3)4/h9-12H,5-8H2,1-4H3. The summed E-state index contributed by atoms with van der Waals surface area (Å²) < 4.78 is 13.7. The second kappa shape index (κ2) is 8.93. The normalized spacial score (nSPS) is 11.2. The van der Waals surface area contributed by atoms with Gasteiger partial charge in [0.1, 0.15) is 0 Å². The molecule has 0 saturated heterocycles. The van der Waals surface area contributed by atoms with Gasteiger partial charge in [-0.1, -0.05) is 27.7 Å². The fraction of sp³-hybridized carbons (Fsp3) is 0.625. The Morgan fingerprint density at radius 3 is 1.45 bits per heavy atom. The summed E-state index contributed by atoms with van der Waals surface area (Å²) in [6.07, 6.45) is 2.08. The Hall–Kier alpha value is -0.220. The number of hydrogen-bond acceptors (Lipinski definition) is 2. The van der Waals surface area contributed by atoms with Crippen LogP contribution in [0, 0.1) is 11.8 Å². The monoisotopic (exact) mass is 406 g/mol. The molecule has 0 N–H and O–H groups in total. The maximum atomic E-state index is 5.87. The summed E-state index contributed by atoms with van der Waals surface area (Å²) in [6, 6.07) is 3.93. The van der Waals surface area contributed by atoms with Gasteiger partial charge in [0.15, 0.2) is 11.5 Å². The van der Waals surface area contributed by atoms with Crippen molar-refractivity contribution in [2.24, 2.45) is 11.8 Å². The minimum Gasteiger partial charge on any atom is -0.490 e. The summed E-state index contributed by atoms with van der Waals surface area (Å²) in [5.41, 5.74) is 0. The predicted molar refractivity (Wildman–Crippen MR) is 91.7 cm³/mol. The van der Waals surface area contributed by atoms with Gasteiger partial charge in [0.2, 0.25) is 0 Å². The van der Waals surface area contributed by atoms with E-state index < -0.39 is 0 Å². The molecule has 0 aliphatic carbocycles. The van der Waals surface area contributed by atoms with Gasteiger partial charge in [0.25, 0.3) is 0 Å². The lowest BCUT2D eigenvalue weighted by Crippen LogP contribution is -2.06. The van der Waals surface area contributed by atoms with Crippen LogP contribution in [0.3, 0.4) is 0 Å². The van der Waals surface area contributed by atoms with Gasteiger partial charge < -0.3 is 9.47 Å². The second-order valence-corrected chi connectivity index (χ2v) is 7.48. The van der Waals surface area contributed by atoms with Crippen molar-refractivity contribution >= 4 is 31.9 Å². The zero-order chi connectivity index (χ0) is 15.1. The Kier molecular flexibility index (Phi) is 7.96. The molecule has 0 unspecified atom stereocenters. The van der Waals surface area contributed by atoms with Crippen molar-refractivity contribution in [2.45, 2.75) is 40.5 Å². The average molecular weight is 408 g/mol. The highest BCUT2D eigenvalue weighted by molar-refractivity contribution is 9.13. The first-order chi connectivity index (χ1) is 9.40. The molecular weight excluding hydrogens is 384 g/mol. The molecule has 1 aromatic rings. The first-order valence-electron chi connectivity index (χ1n) is 7.14. The number of ether oxygens (including phenoxy) is 2. The van der Waals surface area contributed by atoms with Gasteiger partial charge >= 0.3 is 0 Å². The van der Waals surface area contributed by atoms with E-state index in [1.54, 1.807) is 0 Å². The van der Waals surface area contributed by atoms with Gasteiger partial charge in [-0.2, -0.15) is 0 Å². The van der Waals surface area contributed by atoms with E-state index in [4.69, 9.17) is 9.47 Å². The third-order valence-corrected chi connectivity index (χ3v) is 4.74. The topological polar surface area (TPSA) is 18.5 Å². The van der Waals surface area contributed by atoms with Crippen LogP contribution in [-0.4, -0.2) is 13.2 Å². The van der Waals surface area contributed by atoms with E-state index in [1.165, 1.54) is 0 Å². The summed E-state index contributed by atoms with van der Waals surface area (Å²) in [5, 5.41) is 0. The molecule has 0 radical (unpaired) electrons. The molecule has 0 aliphatic heterocycles. The van der Waals surface area contributed by atoms with Crippen LogP contribution < -0.4 is 9.47 Å². The van der Waals surface area contributed by atoms with Gasteiger partial charge in [-0.25, -0.2) is 0 Å². The largest absolute Gasteiger partial charge is 0.490 e. The zero-order valence-corrected chi connectivity index (χ0v) is 15.9. The summed E-state index contributed by atoms with van der Waals surface area (Å²) in [6.45, 7) is 10.2. The first-order valence-corrected chi connectivity index (χ1v) is 8.73. The fourth-order valence-electron chi connectivity index (χ4n) is 1.55. The Morgan fingerprint density at radius 2 is 1.15 bits per heavy atom. The molecular formula is C16H24Br2O2. The van der Waals surface area contributed by atoms with Gasteiger partial charge in [0.05, 0.1) is 13.2 Å². The number of halogens is 2. The van der Waals surface area contributed by atoms with E-state index >= 15 is 0 Å². The highest BCUT2D eigenvalue weighted by Gasteiger charge is 2.10. The number of benzene rings is 1. The molecule has 20 heavy (non-hydrogen) atoms. The van der Waals surface area contributed by atoms with E-state index in [0.29, 0.717) is 25.0 Å². The molecule has 0 spiro atoms. The van der Waals surface area contributed by atoms with Crippen LogP contribution in [0.25, 0.3) is 0 Å². The Bertz CT molecular complexity index is 378. The molecule has 0 aromatic heterocycles. The molecule has 4 heteroatoms. The maximum Gasteiger partial charge on any atom is 0.162 e. The molecule has 1 rings (SSSR count). The SMILES string of the molecule is CC(C)CCOc1cc(Br)c(Br)cc1OCCC(C)C. The van der Waals surface area contributed by atoms with Gasteiger partial charge in [0, 0.05) is 8.95 Å². The van der Waals surface area contributed by atoms with Crippen LogP contribution in [0.1, 0.15) is 40.5 Å². The quantitative estimate of drug-likeness (QED) is 0.521. The lowest BCUT2D eigenvalue weighted by molar-refractivity contribution is 0.246. The van der Waals surface area contributed by atoms with Crippen molar-refractivity contribution in [2.75, 3.05) is 13.2 Å². The minimum atomic E-state index is 0.638. The average Bonchev–Trinajstić information content (AvgIpc) is 2.34. The van der Waals surface area contributed by atoms with E-state index in [2.05, 4.69) is 59.6 Å². The molecule has 0 heterocycles. The van der Waals surface area contributed by atoms with Crippen molar-refractivity contribution in [1.29, 1.82) is 0 Å². The molecule has 0 aliphatic rings. The molecule has 0 fully saturated rings. The van der Waals surface area contributed by atoms with Crippen molar-refractivity contribution in [3.63, 3.8) is 0 Å². The molecule has 114 valence electrons. The van der Waals surface area contributed by atoms with Crippen LogP contribution in [0.15, 0.2) is 21.1 Å². The Labute approximate surface area is 139 Å². The molecule has 2 nitrogen and oxygen atoms in total. The molecule has 0 amide bonds. The third kappa shape index (κ3) is 6.49. The van der Waals surface area contributed by atoms with Gasteiger partial charge in [-0.3, -0.25) is 0 Å². The van der Waals surface area contributed by atoms with Crippen LogP contribution in [0.4, 0.5) is 0 Å². The molecule has 0 atom stereocenters. The number of rotatable bonds is 8. The van der Waals surface area contributed by atoms with Crippen LogP contribution >= 0.6 is 31.9 Å². The minimum absolute atomic E-state index is 0.638. The molecule has 1 aromatic carbocycles. The van der Waals surface area contributed by atoms with E-state index in [1.807, 2.05) is 12.1 Å². The van der Waals surface area contributed by atoms with E-state index in [0.717, 1.165) is 33.3 Å². The summed E-state index contributed by atoms with van der Waals surface area (Å²) in [5.74, 6) is 2.90. The van der Waals surface area contributed by atoms with Crippen molar-refractivity contribution in [3.05, 3.63) is 21.1 Å². The van der Waals surface area contributed by atoms with E-state index in [-0.39, 0.29) is 0 Å². The summed E-state index contributed by atoms with van der Waals surface area (Å²) >= 11 is 7.02. The van der Waals surface area contributed by atoms with Crippen molar-refractivity contribution in [3.8, 4) is 11.5 Å². The van der Waals surface area contributed by atoms with Crippen molar-refractivity contribution < 1.29 is 9.47 Å². The van der Waals surface area contributed by atoms with Crippen LogP contribution in [-0.2, 0) is 0 Å². The van der Waals surface area contributed by atoms with Gasteiger partial charge in [-0.05, 0) is 68.7 Å². The molecule has 0 saturated carbocycles. The van der Waals surface area contributed by atoms with E-state index in [9.17, 15) is 0 Å². The number of hydrogen-bond donors (Lipinski definition) is 0. The lowest BCUT2D eigenvalue weighted by atomic mass is 10.1. The summed E-state index contributed by atoms with van der Waals surface area (Å²) in [7, 11) is 0. The fourth-order valence-corrected chi connectivity index (χ4v) is 2.19. The van der Waals surface area contributed by atoms with Crippen molar-refractivity contribution in [1.82, 2.24) is 0 Å². The van der Waals surface area contributed by atoms with Crippen LogP contribution in [0.5, 0.6) is 11.5 Å². The third-order valence-electron chi connectivity index (χ3n) is 2.89. The van der Waals surface area contributed by atoms with Gasteiger partial charge in [-0.15, -0.1) is 0 Å². The smallest absolute Gasteiger partial charge is 0.162 e. The summed E-state index contributed by atoms with van der Waals surface area (Å²) in [4.78, 5) is 0. The lowest BCUT2D eigenvalue weighted by Gasteiger charge is -2.15. The molecule has 0 bridgehead atoms. The second-order valence-electron chi connectivity index (χ2n) is 5.78. The Balaban J connectivity index is 2.71.